The van der Waals surface area contributed by atoms with Crippen LogP contribution in [0.5, 0.6) is 5.88 Å². The van der Waals surface area contributed by atoms with E-state index < -0.39 is 12.6 Å². The van der Waals surface area contributed by atoms with Gasteiger partial charge in [-0.25, -0.2) is 0 Å². The topological polar surface area (TPSA) is 47.0 Å². The number of methoxy groups -OCH3 is 1. The fraction of sp³-hybridized carbons (Fsp3) is 0.692. The van der Waals surface area contributed by atoms with Crippen LogP contribution in [0.15, 0.2) is 12.1 Å². The van der Waals surface area contributed by atoms with Crippen molar-refractivity contribution >= 4 is 0 Å². The quantitative estimate of drug-likeness (QED) is 0.798. The second kappa shape index (κ2) is 8.04. The molecule has 1 aromatic rings. The minimum atomic E-state index is -4.11. The molecule has 1 unspecified atom stereocenters. The predicted octanol–water partition coefficient (Wildman–Crippen LogP) is 3.26. The number of hydrogen-bond donors (Lipinski definition) is 1. The van der Waals surface area contributed by atoms with Crippen molar-refractivity contribution in [2.24, 2.45) is 0 Å². The number of aromatic nitrogens is 2. The smallest absolute Gasteiger partial charge is 0.389 e. The maximum Gasteiger partial charge on any atom is 0.389 e. The molecule has 0 saturated heterocycles. The highest BCUT2D eigenvalue weighted by atomic mass is 19.4. The third kappa shape index (κ3) is 6.18. The van der Waals surface area contributed by atoms with E-state index in [0.717, 1.165) is 13.0 Å². The van der Waals surface area contributed by atoms with Gasteiger partial charge in [-0.2, -0.15) is 18.3 Å². The molecule has 0 saturated carbocycles. The van der Waals surface area contributed by atoms with E-state index in [1.807, 2.05) is 6.92 Å². The Kier molecular flexibility index (Phi) is 6.70. The van der Waals surface area contributed by atoms with E-state index in [9.17, 15) is 13.2 Å². The Hall–Kier alpha value is -1.37. The molecule has 114 valence electrons. The molecule has 1 aromatic heterocycles. The van der Waals surface area contributed by atoms with Crippen LogP contribution in [-0.2, 0) is 0 Å². The Morgan fingerprint density at radius 2 is 2.05 bits per heavy atom. The van der Waals surface area contributed by atoms with Crippen molar-refractivity contribution in [2.45, 2.75) is 44.8 Å². The lowest BCUT2D eigenvalue weighted by atomic mass is 10.1. The summed E-state index contributed by atoms with van der Waals surface area (Å²) in [4.78, 5) is 0. The van der Waals surface area contributed by atoms with Gasteiger partial charge < -0.3 is 10.1 Å². The molecule has 0 spiro atoms. The average molecular weight is 291 g/mol. The summed E-state index contributed by atoms with van der Waals surface area (Å²) in [6, 6.07) is 3.18. The molecule has 1 atom stereocenters. The lowest BCUT2D eigenvalue weighted by Gasteiger charge is -2.18. The maximum absolute atomic E-state index is 12.2. The van der Waals surface area contributed by atoms with Crippen LogP contribution < -0.4 is 10.1 Å². The van der Waals surface area contributed by atoms with Gasteiger partial charge in [-0.3, -0.25) is 0 Å². The van der Waals surface area contributed by atoms with Gasteiger partial charge in [0.25, 0.3) is 0 Å². The molecule has 1 heterocycles. The fourth-order valence-corrected chi connectivity index (χ4v) is 1.80. The van der Waals surface area contributed by atoms with Crippen LogP contribution >= 0.6 is 0 Å². The van der Waals surface area contributed by atoms with Gasteiger partial charge in [-0.05, 0) is 31.9 Å². The zero-order chi connectivity index (χ0) is 15.0. The van der Waals surface area contributed by atoms with Gasteiger partial charge in [-0.1, -0.05) is 6.92 Å². The molecule has 7 heteroatoms. The molecule has 0 bridgehead atoms. The number of nitrogens with one attached hydrogen (secondary N) is 1. The standard InChI is InChI=1S/C13H20F3N3O/c1-3-9-17-10(5-4-8-13(14,15)16)11-6-7-12(20-2)19-18-11/h6-7,10,17H,3-5,8-9H2,1-2H3. The summed E-state index contributed by atoms with van der Waals surface area (Å²) in [5.74, 6) is 0.387. The SMILES string of the molecule is CCCNC(CCCC(F)(F)F)c1ccc(OC)nn1. The van der Waals surface area contributed by atoms with Gasteiger partial charge in [0, 0.05) is 12.5 Å². The average Bonchev–Trinajstić information content (AvgIpc) is 2.41. The third-order valence-electron chi connectivity index (χ3n) is 2.82. The molecule has 0 aliphatic heterocycles. The Morgan fingerprint density at radius 3 is 2.55 bits per heavy atom. The monoisotopic (exact) mass is 291 g/mol. The van der Waals surface area contributed by atoms with Crippen LogP contribution in [0.1, 0.15) is 44.3 Å². The van der Waals surface area contributed by atoms with Crippen LogP contribution in [0.4, 0.5) is 13.2 Å². The summed E-state index contributed by atoms with van der Waals surface area (Å²) in [7, 11) is 1.49. The molecule has 20 heavy (non-hydrogen) atoms. The molecule has 4 nitrogen and oxygen atoms in total. The number of ether oxygens (including phenoxy) is 1. The molecular formula is C13H20F3N3O. The Morgan fingerprint density at radius 1 is 1.30 bits per heavy atom. The van der Waals surface area contributed by atoms with Crippen LogP contribution in [0.2, 0.25) is 0 Å². The number of halogens is 3. The first kappa shape index (κ1) is 16.7. The predicted molar refractivity (Wildman–Crippen MR) is 69.5 cm³/mol. The summed E-state index contributed by atoms with van der Waals surface area (Å²) in [5.41, 5.74) is 0.640. The number of alkyl halides is 3. The molecule has 1 N–H and O–H groups in total. The largest absolute Gasteiger partial charge is 0.480 e. The van der Waals surface area contributed by atoms with E-state index in [4.69, 9.17) is 4.74 Å². The van der Waals surface area contributed by atoms with Crippen LogP contribution in [-0.4, -0.2) is 30.0 Å². The second-order valence-electron chi connectivity index (χ2n) is 4.51. The maximum atomic E-state index is 12.2. The van der Waals surface area contributed by atoms with Crippen molar-refractivity contribution in [3.8, 4) is 5.88 Å². The Labute approximate surface area is 116 Å². The van der Waals surface area contributed by atoms with Crippen molar-refractivity contribution < 1.29 is 17.9 Å². The second-order valence-corrected chi connectivity index (χ2v) is 4.51. The summed E-state index contributed by atoms with van der Waals surface area (Å²) in [5, 5.41) is 11.0. The van der Waals surface area contributed by atoms with Crippen LogP contribution in [0.3, 0.4) is 0 Å². The lowest BCUT2D eigenvalue weighted by molar-refractivity contribution is -0.135. The molecule has 0 amide bonds. The van der Waals surface area contributed by atoms with Gasteiger partial charge in [0.15, 0.2) is 0 Å². The summed E-state index contributed by atoms with van der Waals surface area (Å²) >= 11 is 0. The Bertz CT molecular complexity index is 381. The summed E-state index contributed by atoms with van der Waals surface area (Å²) < 4.78 is 41.5. The van der Waals surface area contributed by atoms with E-state index in [1.165, 1.54) is 7.11 Å². The summed E-state index contributed by atoms with van der Waals surface area (Å²) in [6.07, 6.45) is -3.54. The van der Waals surface area contributed by atoms with E-state index in [0.29, 0.717) is 18.0 Å². The van der Waals surface area contributed by atoms with Gasteiger partial charge >= 0.3 is 6.18 Å². The number of nitrogens with zero attached hydrogens (tertiary/aromatic N) is 2. The van der Waals surface area contributed by atoms with E-state index in [-0.39, 0.29) is 12.5 Å². The minimum Gasteiger partial charge on any atom is -0.480 e. The highest BCUT2D eigenvalue weighted by Crippen LogP contribution is 2.25. The van der Waals surface area contributed by atoms with E-state index in [1.54, 1.807) is 12.1 Å². The Balaban J connectivity index is 2.62. The number of hydrogen-bond acceptors (Lipinski definition) is 4. The molecule has 0 aliphatic carbocycles. The highest BCUT2D eigenvalue weighted by molar-refractivity contribution is 5.14. The van der Waals surface area contributed by atoms with Crippen molar-refractivity contribution in [3.63, 3.8) is 0 Å². The molecule has 0 fully saturated rings. The first-order chi connectivity index (χ1) is 9.46. The number of rotatable bonds is 8. The molecule has 1 rings (SSSR count). The van der Waals surface area contributed by atoms with Crippen molar-refractivity contribution in [1.29, 1.82) is 0 Å². The molecule has 0 aliphatic rings. The zero-order valence-corrected chi connectivity index (χ0v) is 11.7. The molecule has 0 aromatic carbocycles. The third-order valence-corrected chi connectivity index (χ3v) is 2.82. The van der Waals surface area contributed by atoms with Crippen LogP contribution in [0.25, 0.3) is 0 Å². The summed E-state index contributed by atoms with van der Waals surface area (Å²) in [6.45, 7) is 2.73. The van der Waals surface area contributed by atoms with E-state index in [2.05, 4.69) is 15.5 Å². The first-order valence-corrected chi connectivity index (χ1v) is 6.64. The highest BCUT2D eigenvalue weighted by Gasteiger charge is 2.27. The minimum absolute atomic E-state index is 0.0680. The van der Waals surface area contributed by atoms with Gasteiger partial charge in [0.2, 0.25) is 5.88 Å². The van der Waals surface area contributed by atoms with Gasteiger partial charge in [0.05, 0.1) is 18.8 Å². The molecular weight excluding hydrogens is 271 g/mol. The van der Waals surface area contributed by atoms with E-state index >= 15 is 0 Å². The van der Waals surface area contributed by atoms with Crippen LogP contribution in [0, 0.1) is 0 Å². The van der Waals surface area contributed by atoms with Crippen molar-refractivity contribution in [3.05, 3.63) is 17.8 Å². The van der Waals surface area contributed by atoms with Crippen molar-refractivity contribution in [1.82, 2.24) is 15.5 Å². The van der Waals surface area contributed by atoms with Gasteiger partial charge in [0.1, 0.15) is 0 Å². The molecule has 0 radical (unpaired) electrons. The van der Waals surface area contributed by atoms with Crippen molar-refractivity contribution in [2.75, 3.05) is 13.7 Å². The normalized spacial score (nSPS) is 13.2. The first-order valence-electron chi connectivity index (χ1n) is 6.64. The lowest BCUT2D eigenvalue weighted by Crippen LogP contribution is -2.24. The fourth-order valence-electron chi connectivity index (χ4n) is 1.80. The van der Waals surface area contributed by atoms with Gasteiger partial charge in [-0.15, -0.1) is 5.10 Å². The zero-order valence-electron chi connectivity index (χ0n) is 11.7.